The number of anilines is 1. The highest BCUT2D eigenvalue weighted by Crippen LogP contribution is 2.28. The Morgan fingerprint density at radius 2 is 1.92 bits per heavy atom. The summed E-state index contributed by atoms with van der Waals surface area (Å²) in [6.45, 7) is 5.34. The third-order valence-corrected chi connectivity index (χ3v) is 5.25. The molecule has 0 saturated carbocycles. The van der Waals surface area contributed by atoms with Crippen LogP contribution in [0, 0.1) is 0 Å². The lowest BCUT2D eigenvalue weighted by Crippen LogP contribution is -2.49. The van der Waals surface area contributed by atoms with Gasteiger partial charge < -0.3 is 19.5 Å². The van der Waals surface area contributed by atoms with E-state index in [0.717, 1.165) is 37.6 Å². The number of aliphatic hydroxyl groups is 1. The van der Waals surface area contributed by atoms with Crippen LogP contribution in [-0.4, -0.2) is 62.6 Å². The molecule has 6 heteroatoms. The molecule has 5 nitrogen and oxygen atoms in total. The van der Waals surface area contributed by atoms with E-state index in [2.05, 4.69) is 15.9 Å². The standard InChI is InChI=1S/C19H26N2O3S/c1-23-19-7-3-2-6-18(19)21-10-8-20(9-11-21)13-16(22)14-24-15-17-5-4-12-25-17/h2-7,12,16,22H,8-11,13-15H2,1H3/t16-/m1/s1. The first-order valence-corrected chi connectivity index (χ1v) is 9.52. The summed E-state index contributed by atoms with van der Waals surface area (Å²) in [6.07, 6.45) is -0.447. The molecule has 1 atom stereocenters. The lowest BCUT2D eigenvalue weighted by atomic mass is 10.2. The molecule has 1 aliphatic heterocycles. The first-order chi connectivity index (χ1) is 12.3. The maximum Gasteiger partial charge on any atom is 0.142 e. The van der Waals surface area contributed by atoms with Crippen molar-refractivity contribution < 1.29 is 14.6 Å². The molecule has 0 amide bonds. The van der Waals surface area contributed by atoms with E-state index in [1.54, 1.807) is 18.4 Å². The van der Waals surface area contributed by atoms with Crippen LogP contribution in [0.25, 0.3) is 0 Å². The molecule has 0 bridgehead atoms. The summed E-state index contributed by atoms with van der Waals surface area (Å²) in [5.41, 5.74) is 1.14. The van der Waals surface area contributed by atoms with E-state index in [0.29, 0.717) is 19.8 Å². The molecule has 2 aromatic rings. The fourth-order valence-electron chi connectivity index (χ4n) is 3.10. The van der Waals surface area contributed by atoms with Crippen LogP contribution in [-0.2, 0) is 11.3 Å². The van der Waals surface area contributed by atoms with Crippen molar-refractivity contribution in [2.75, 3.05) is 51.3 Å². The number of rotatable bonds is 8. The van der Waals surface area contributed by atoms with E-state index in [1.165, 1.54) is 4.88 Å². The van der Waals surface area contributed by atoms with Crippen LogP contribution in [0.3, 0.4) is 0 Å². The molecule has 1 saturated heterocycles. The van der Waals surface area contributed by atoms with E-state index in [4.69, 9.17) is 9.47 Å². The largest absolute Gasteiger partial charge is 0.495 e. The minimum Gasteiger partial charge on any atom is -0.495 e. The van der Waals surface area contributed by atoms with Crippen molar-refractivity contribution in [2.24, 2.45) is 0 Å². The lowest BCUT2D eigenvalue weighted by Gasteiger charge is -2.37. The van der Waals surface area contributed by atoms with Crippen molar-refractivity contribution in [1.82, 2.24) is 4.90 Å². The van der Waals surface area contributed by atoms with E-state index in [-0.39, 0.29) is 0 Å². The molecule has 2 heterocycles. The number of methoxy groups -OCH3 is 1. The molecular weight excluding hydrogens is 336 g/mol. The zero-order valence-electron chi connectivity index (χ0n) is 14.6. The lowest BCUT2D eigenvalue weighted by molar-refractivity contribution is 0.00990. The Morgan fingerprint density at radius 3 is 2.64 bits per heavy atom. The predicted octanol–water partition coefficient (Wildman–Crippen LogP) is 2.46. The fraction of sp³-hybridized carbons (Fsp3) is 0.474. The Kier molecular flexibility index (Phi) is 6.69. The second kappa shape index (κ2) is 9.20. The van der Waals surface area contributed by atoms with Gasteiger partial charge in [0.2, 0.25) is 0 Å². The summed E-state index contributed by atoms with van der Waals surface area (Å²) in [7, 11) is 1.71. The molecular formula is C19H26N2O3S. The highest BCUT2D eigenvalue weighted by Gasteiger charge is 2.21. The van der Waals surface area contributed by atoms with Crippen molar-refractivity contribution in [3.05, 3.63) is 46.7 Å². The molecule has 136 valence electrons. The first-order valence-electron chi connectivity index (χ1n) is 8.65. The second-order valence-electron chi connectivity index (χ2n) is 6.21. The maximum absolute atomic E-state index is 10.2. The summed E-state index contributed by atoms with van der Waals surface area (Å²) in [5.74, 6) is 0.915. The van der Waals surface area contributed by atoms with Crippen molar-refractivity contribution in [1.29, 1.82) is 0 Å². The molecule has 1 N–H and O–H groups in total. The third kappa shape index (κ3) is 5.19. The monoisotopic (exact) mass is 362 g/mol. The molecule has 25 heavy (non-hydrogen) atoms. The fourth-order valence-corrected chi connectivity index (χ4v) is 3.74. The number of thiophene rings is 1. The zero-order valence-corrected chi connectivity index (χ0v) is 15.5. The number of ether oxygens (including phenoxy) is 2. The van der Waals surface area contributed by atoms with Gasteiger partial charge in [-0.15, -0.1) is 11.3 Å². The normalized spacial score (nSPS) is 16.8. The zero-order chi connectivity index (χ0) is 17.5. The molecule has 1 aromatic heterocycles. The van der Waals surface area contributed by atoms with E-state index >= 15 is 0 Å². The van der Waals surface area contributed by atoms with Crippen LogP contribution in [0.4, 0.5) is 5.69 Å². The molecule has 0 aliphatic carbocycles. The van der Waals surface area contributed by atoms with Gasteiger partial charge in [-0.3, -0.25) is 4.90 Å². The van der Waals surface area contributed by atoms with Gasteiger partial charge in [-0.05, 0) is 23.6 Å². The minimum absolute atomic E-state index is 0.380. The summed E-state index contributed by atoms with van der Waals surface area (Å²) in [6, 6.07) is 12.2. The Bertz CT molecular complexity index is 627. The topological polar surface area (TPSA) is 45.2 Å². The van der Waals surface area contributed by atoms with Gasteiger partial charge in [0.25, 0.3) is 0 Å². The number of para-hydroxylation sites is 2. The van der Waals surface area contributed by atoms with Gasteiger partial charge in [0.05, 0.1) is 32.1 Å². The summed E-state index contributed by atoms with van der Waals surface area (Å²) >= 11 is 1.68. The summed E-state index contributed by atoms with van der Waals surface area (Å²) in [4.78, 5) is 5.83. The maximum atomic E-state index is 10.2. The van der Waals surface area contributed by atoms with E-state index < -0.39 is 6.10 Å². The number of nitrogens with zero attached hydrogens (tertiary/aromatic N) is 2. The van der Waals surface area contributed by atoms with Crippen LogP contribution < -0.4 is 9.64 Å². The van der Waals surface area contributed by atoms with Gasteiger partial charge in [0.1, 0.15) is 5.75 Å². The van der Waals surface area contributed by atoms with Gasteiger partial charge >= 0.3 is 0 Å². The number of hydrogen-bond donors (Lipinski definition) is 1. The third-order valence-electron chi connectivity index (χ3n) is 4.40. The van der Waals surface area contributed by atoms with E-state index in [9.17, 15) is 5.11 Å². The molecule has 0 radical (unpaired) electrons. The van der Waals surface area contributed by atoms with Crippen molar-refractivity contribution in [2.45, 2.75) is 12.7 Å². The van der Waals surface area contributed by atoms with E-state index in [1.807, 2.05) is 35.7 Å². The van der Waals surface area contributed by atoms with Crippen LogP contribution in [0.15, 0.2) is 41.8 Å². The molecule has 0 spiro atoms. The van der Waals surface area contributed by atoms with Gasteiger partial charge in [-0.2, -0.15) is 0 Å². The summed E-state index contributed by atoms with van der Waals surface area (Å²) in [5, 5.41) is 12.2. The van der Waals surface area contributed by atoms with Gasteiger partial charge in [0, 0.05) is 37.6 Å². The predicted molar refractivity (Wildman–Crippen MR) is 102 cm³/mol. The minimum atomic E-state index is -0.447. The highest BCUT2D eigenvalue weighted by atomic mass is 32.1. The van der Waals surface area contributed by atoms with Crippen molar-refractivity contribution >= 4 is 17.0 Å². The number of aliphatic hydroxyl groups excluding tert-OH is 1. The Labute approximate surface area is 153 Å². The quantitative estimate of drug-likeness (QED) is 0.782. The Balaban J connectivity index is 1.40. The number of β-amino-alcohol motifs (C(OH)–C–C–N with tert-alkyl or cyclic N) is 1. The number of benzene rings is 1. The molecule has 1 fully saturated rings. The molecule has 1 aliphatic rings. The van der Waals surface area contributed by atoms with Crippen LogP contribution in [0.5, 0.6) is 5.75 Å². The average Bonchev–Trinajstić information content (AvgIpc) is 3.16. The Morgan fingerprint density at radius 1 is 1.12 bits per heavy atom. The second-order valence-corrected chi connectivity index (χ2v) is 7.24. The number of hydrogen-bond acceptors (Lipinski definition) is 6. The molecule has 1 aromatic carbocycles. The smallest absolute Gasteiger partial charge is 0.142 e. The first kappa shape index (κ1) is 18.2. The van der Waals surface area contributed by atoms with Crippen LogP contribution >= 0.6 is 11.3 Å². The summed E-state index contributed by atoms with van der Waals surface area (Å²) < 4.78 is 11.1. The number of piperazine rings is 1. The van der Waals surface area contributed by atoms with Crippen molar-refractivity contribution in [3.63, 3.8) is 0 Å². The molecule has 3 rings (SSSR count). The molecule has 0 unspecified atom stereocenters. The van der Waals surface area contributed by atoms with Crippen LogP contribution in [0.1, 0.15) is 4.88 Å². The van der Waals surface area contributed by atoms with Gasteiger partial charge in [-0.1, -0.05) is 18.2 Å². The van der Waals surface area contributed by atoms with Crippen molar-refractivity contribution in [3.8, 4) is 5.75 Å². The SMILES string of the molecule is COc1ccccc1N1CCN(C[C@@H](O)COCc2cccs2)CC1. The highest BCUT2D eigenvalue weighted by molar-refractivity contribution is 7.09. The Hall–Kier alpha value is -1.60. The average molecular weight is 362 g/mol. The van der Waals surface area contributed by atoms with Crippen LogP contribution in [0.2, 0.25) is 0 Å². The van der Waals surface area contributed by atoms with Gasteiger partial charge in [-0.25, -0.2) is 0 Å². The van der Waals surface area contributed by atoms with Gasteiger partial charge in [0.15, 0.2) is 0 Å².